The highest BCUT2D eigenvalue weighted by atomic mass is 32.2. The molecule has 0 aliphatic carbocycles. The number of nitrogens with zero attached hydrogens (tertiary/aromatic N) is 3. The highest BCUT2D eigenvalue weighted by Crippen LogP contribution is 2.35. The molecule has 2 aromatic carbocycles. The molecule has 1 aromatic heterocycles. The Hall–Kier alpha value is -2.33. The average Bonchev–Trinajstić information content (AvgIpc) is 2.90. The van der Waals surface area contributed by atoms with Gasteiger partial charge in [0, 0.05) is 5.56 Å². The fraction of sp³-hybridized carbons (Fsp3) is 0. The molecule has 4 rings (SSSR count). The fourth-order valence-corrected chi connectivity index (χ4v) is 3.19. The van der Waals surface area contributed by atoms with Gasteiger partial charge in [-0.3, -0.25) is 4.57 Å². The Morgan fingerprint density at radius 3 is 2.60 bits per heavy atom. The van der Waals surface area contributed by atoms with Crippen molar-refractivity contribution in [3.05, 3.63) is 72.7 Å². The highest BCUT2D eigenvalue weighted by molar-refractivity contribution is 8.14. The fourth-order valence-electron chi connectivity index (χ4n) is 2.24. The van der Waals surface area contributed by atoms with Crippen LogP contribution >= 0.6 is 11.8 Å². The summed E-state index contributed by atoms with van der Waals surface area (Å²) in [5, 5.41) is 2.08. The molecule has 4 heteroatoms. The molecule has 0 spiro atoms. The predicted octanol–water partition coefficient (Wildman–Crippen LogP) is 4.06. The topological polar surface area (TPSA) is 30.2 Å². The normalized spacial score (nSPS) is 13.1. The van der Waals surface area contributed by atoms with Gasteiger partial charge in [0.1, 0.15) is 16.4 Å². The maximum Gasteiger partial charge on any atom is 0.110 e. The van der Waals surface area contributed by atoms with Gasteiger partial charge in [0.25, 0.3) is 0 Å². The van der Waals surface area contributed by atoms with Gasteiger partial charge in [-0.2, -0.15) is 0 Å². The Bertz CT molecular complexity index is 790. The maximum atomic E-state index is 4.83. The van der Waals surface area contributed by atoms with Crippen LogP contribution in [-0.4, -0.2) is 14.6 Å². The van der Waals surface area contributed by atoms with Crippen molar-refractivity contribution in [2.24, 2.45) is 4.99 Å². The molecule has 0 radical (unpaired) electrons. The Kier molecular flexibility index (Phi) is 2.67. The van der Waals surface area contributed by atoms with Crippen LogP contribution < -0.4 is 0 Å². The molecule has 0 fully saturated rings. The van der Waals surface area contributed by atoms with Crippen molar-refractivity contribution in [3.63, 3.8) is 0 Å². The van der Waals surface area contributed by atoms with E-state index in [1.807, 2.05) is 48.9 Å². The summed E-state index contributed by atoms with van der Waals surface area (Å²) in [5.74, 6) is 0. The van der Waals surface area contributed by atoms with Crippen molar-refractivity contribution in [1.82, 2.24) is 9.55 Å². The summed E-state index contributed by atoms with van der Waals surface area (Å²) in [6, 6.07) is 18.4. The van der Waals surface area contributed by atoms with Gasteiger partial charge < -0.3 is 0 Å². The third-order valence-electron chi connectivity index (χ3n) is 3.19. The van der Waals surface area contributed by atoms with E-state index in [4.69, 9.17) is 4.99 Å². The van der Waals surface area contributed by atoms with Gasteiger partial charge in [0.15, 0.2) is 0 Å². The van der Waals surface area contributed by atoms with E-state index in [1.165, 1.54) is 0 Å². The first-order valence-corrected chi connectivity index (χ1v) is 7.17. The molecule has 96 valence electrons. The first-order chi connectivity index (χ1) is 9.92. The Balaban J connectivity index is 1.95. The molecule has 0 amide bonds. The first kappa shape index (κ1) is 11.5. The summed E-state index contributed by atoms with van der Waals surface area (Å²) < 4.78 is 2.08. The molecule has 0 saturated heterocycles. The van der Waals surface area contributed by atoms with Crippen LogP contribution in [0, 0.1) is 0 Å². The van der Waals surface area contributed by atoms with E-state index in [1.54, 1.807) is 11.8 Å². The van der Waals surface area contributed by atoms with Crippen LogP contribution in [0.5, 0.6) is 0 Å². The number of thioether (sulfide) groups is 1. The van der Waals surface area contributed by atoms with Crippen LogP contribution in [0.2, 0.25) is 0 Å². The largest absolute Gasteiger partial charge is 0.291 e. The van der Waals surface area contributed by atoms with Crippen molar-refractivity contribution in [3.8, 4) is 5.69 Å². The number of fused-ring (bicyclic) bond motifs is 3. The molecular formula is C16H11N3S. The SMILES string of the molecule is c1ccc(C2=Nc3ccccc3-n3cncc3S2)cc1. The number of rotatable bonds is 1. The lowest BCUT2D eigenvalue weighted by molar-refractivity contribution is 0.956. The quantitative estimate of drug-likeness (QED) is 0.671. The molecule has 2 heterocycles. The summed E-state index contributed by atoms with van der Waals surface area (Å²) in [7, 11) is 0. The second kappa shape index (κ2) is 4.65. The van der Waals surface area contributed by atoms with Crippen molar-refractivity contribution in [1.29, 1.82) is 0 Å². The summed E-state index contributed by atoms with van der Waals surface area (Å²) >= 11 is 1.64. The van der Waals surface area contributed by atoms with Gasteiger partial charge in [-0.1, -0.05) is 42.5 Å². The minimum Gasteiger partial charge on any atom is -0.291 e. The van der Waals surface area contributed by atoms with Gasteiger partial charge >= 0.3 is 0 Å². The van der Waals surface area contributed by atoms with Gasteiger partial charge in [-0.15, -0.1) is 0 Å². The lowest BCUT2D eigenvalue weighted by Crippen LogP contribution is -1.95. The van der Waals surface area contributed by atoms with E-state index >= 15 is 0 Å². The maximum absolute atomic E-state index is 4.83. The number of aliphatic imine (C=N–C) groups is 1. The number of imidazole rings is 1. The summed E-state index contributed by atoms with van der Waals surface area (Å²) in [4.78, 5) is 9.09. The van der Waals surface area contributed by atoms with Crippen LogP contribution in [-0.2, 0) is 0 Å². The van der Waals surface area contributed by atoms with Crippen molar-refractivity contribution in [2.75, 3.05) is 0 Å². The van der Waals surface area contributed by atoms with Crippen molar-refractivity contribution >= 4 is 22.5 Å². The molecule has 3 aromatic rings. The Morgan fingerprint density at radius 2 is 1.70 bits per heavy atom. The molecule has 0 N–H and O–H groups in total. The summed E-state index contributed by atoms with van der Waals surface area (Å²) in [6.45, 7) is 0. The van der Waals surface area contributed by atoms with Crippen LogP contribution in [0.3, 0.4) is 0 Å². The smallest absolute Gasteiger partial charge is 0.110 e. The molecule has 20 heavy (non-hydrogen) atoms. The third kappa shape index (κ3) is 1.85. The second-order valence-corrected chi connectivity index (χ2v) is 5.48. The standard InChI is InChI=1S/C16H11N3S/c1-2-6-12(7-3-1)16-18-13-8-4-5-9-14(13)19-11-17-10-15(19)20-16/h1-11H. The van der Waals surface area contributed by atoms with E-state index in [-0.39, 0.29) is 0 Å². The Morgan fingerprint density at radius 1 is 0.900 bits per heavy atom. The van der Waals surface area contributed by atoms with Gasteiger partial charge in [-0.05, 0) is 23.9 Å². The zero-order chi connectivity index (χ0) is 13.4. The lowest BCUT2D eigenvalue weighted by Gasteiger charge is -2.05. The van der Waals surface area contributed by atoms with Crippen molar-refractivity contribution < 1.29 is 0 Å². The second-order valence-electron chi connectivity index (χ2n) is 4.48. The highest BCUT2D eigenvalue weighted by Gasteiger charge is 2.17. The molecule has 3 nitrogen and oxygen atoms in total. The minimum absolute atomic E-state index is 0.968. The van der Waals surface area contributed by atoms with Gasteiger partial charge in [-0.25, -0.2) is 9.98 Å². The minimum atomic E-state index is 0.968. The molecule has 0 unspecified atom stereocenters. The third-order valence-corrected chi connectivity index (χ3v) is 4.22. The van der Waals surface area contributed by atoms with E-state index < -0.39 is 0 Å². The number of para-hydroxylation sites is 2. The van der Waals surface area contributed by atoms with Gasteiger partial charge in [0.05, 0.1) is 17.6 Å². The monoisotopic (exact) mass is 277 g/mol. The zero-order valence-corrected chi connectivity index (χ0v) is 11.4. The lowest BCUT2D eigenvalue weighted by atomic mass is 10.2. The molecule has 0 atom stereocenters. The van der Waals surface area contributed by atoms with E-state index in [2.05, 4.69) is 27.8 Å². The zero-order valence-electron chi connectivity index (χ0n) is 10.6. The summed E-state index contributed by atoms with van der Waals surface area (Å²) in [6.07, 6.45) is 3.72. The molecule has 1 aliphatic heterocycles. The van der Waals surface area contributed by atoms with E-state index in [0.29, 0.717) is 0 Å². The first-order valence-electron chi connectivity index (χ1n) is 6.35. The summed E-state index contributed by atoms with van der Waals surface area (Å²) in [5.41, 5.74) is 3.16. The number of hydrogen-bond acceptors (Lipinski definition) is 3. The molecular weight excluding hydrogens is 266 g/mol. The van der Waals surface area contributed by atoms with E-state index in [0.717, 1.165) is 27.0 Å². The molecule has 1 aliphatic rings. The number of aromatic nitrogens is 2. The van der Waals surface area contributed by atoms with Crippen LogP contribution in [0.4, 0.5) is 5.69 Å². The average molecular weight is 277 g/mol. The predicted molar refractivity (Wildman–Crippen MR) is 82.1 cm³/mol. The molecule has 0 saturated carbocycles. The van der Waals surface area contributed by atoms with Crippen LogP contribution in [0.25, 0.3) is 5.69 Å². The van der Waals surface area contributed by atoms with Crippen molar-refractivity contribution in [2.45, 2.75) is 5.03 Å². The van der Waals surface area contributed by atoms with Crippen LogP contribution in [0.15, 0.2) is 77.1 Å². The van der Waals surface area contributed by atoms with Gasteiger partial charge in [0.2, 0.25) is 0 Å². The van der Waals surface area contributed by atoms with E-state index in [9.17, 15) is 0 Å². The Labute approximate surface area is 121 Å². The number of hydrogen-bond donors (Lipinski definition) is 0. The number of benzene rings is 2. The molecule has 0 bridgehead atoms. The van der Waals surface area contributed by atoms with Crippen LogP contribution in [0.1, 0.15) is 5.56 Å².